The lowest BCUT2D eigenvalue weighted by atomic mass is 10.0. The van der Waals surface area contributed by atoms with Gasteiger partial charge in [-0.25, -0.2) is 9.36 Å². The lowest BCUT2D eigenvalue weighted by Crippen LogP contribution is -2.43. The van der Waals surface area contributed by atoms with Gasteiger partial charge in [-0.05, 0) is 12.8 Å². The molecule has 46 heavy (non-hydrogen) atoms. The van der Waals surface area contributed by atoms with Gasteiger partial charge in [0.1, 0.15) is 12.7 Å². The van der Waals surface area contributed by atoms with Crippen LogP contribution >= 0.6 is 7.82 Å². The molecule has 0 heterocycles. The number of carboxylic acid groups (broad SMARTS) is 1. The molecule has 3 unspecified atom stereocenters. The summed E-state index contributed by atoms with van der Waals surface area (Å²) in [5.41, 5.74) is 0. The summed E-state index contributed by atoms with van der Waals surface area (Å²) in [5, 5.41) is 21.5. The number of aliphatic carboxylic acids is 1. The molecule has 0 radical (unpaired) electrons. The number of carboxylic acids is 1. The Kier molecular flexibility index (Phi) is 29.8. The van der Waals surface area contributed by atoms with Crippen LogP contribution in [0, 0.1) is 0 Å². The van der Waals surface area contributed by atoms with Crippen molar-refractivity contribution < 1.29 is 47.8 Å². The number of aliphatic hydroxyl groups excluding tert-OH is 1. The summed E-state index contributed by atoms with van der Waals surface area (Å²) in [7, 11) is -4.73. The Morgan fingerprint density at radius 1 is 0.609 bits per heavy atom. The first-order valence-corrected chi connectivity index (χ1v) is 19.6. The van der Waals surface area contributed by atoms with Crippen molar-refractivity contribution in [3.63, 3.8) is 0 Å². The van der Waals surface area contributed by atoms with Gasteiger partial charge in [-0.1, -0.05) is 142 Å². The molecule has 0 aromatic heterocycles. The fraction of sp³-hybridized carbons (Fsp3) is 0.912. The number of carbonyl (C=O) groups excluding carboxylic acids is 2. The van der Waals surface area contributed by atoms with E-state index >= 15 is 0 Å². The zero-order valence-electron chi connectivity index (χ0n) is 28.9. The predicted molar refractivity (Wildman–Crippen MR) is 180 cm³/mol. The fourth-order valence-electron chi connectivity index (χ4n) is 5.02. The molecule has 0 aromatic rings. The number of esters is 1. The van der Waals surface area contributed by atoms with Crippen molar-refractivity contribution in [3.05, 3.63) is 0 Å². The Hall–Kier alpha value is -1.52. The highest BCUT2D eigenvalue weighted by atomic mass is 31.2. The quantitative estimate of drug-likeness (QED) is 0.0297. The van der Waals surface area contributed by atoms with E-state index in [1.54, 1.807) is 0 Å². The van der Waals surface area contributed by atoms with Gasteiger partial charge in [-0.2, -0.15) is 0 Å². The molecular formula is C34H66NO10P. The fourth-order valence-corrected chi connectivity index (χ4v) is 5.79. The summed E-state index contributed by atoms with van der Waals surface area (Å²) >= 11 is 0. The van der Waals surface area contributed by atoms with Gasteiger partial charge in [0, 0.05) is 12.8 Å². The second-order valence-corrected chi connectivity index (χ2v) is 13.9. The van der Waals surface area contributed by atoms with Crippen LogP contribution in [-0.2, 0) is 32.7 Å². The monoisotopic (exact) mass is 679 g/mol. The molecule has 4 N–H and O–H groups in total. The summed E-state index contributed by atoms with van der Waals surface area (Å²) in [6.45, 7) is 2.46. The minimum atomic E-state index is -4.73. The van der Waals surface area contributed by atoms with E-state index in [1.165, 1.54) is 83.5 Å². The van der Waals surface area contributed by atoms with Gasteiger partial charge in [-0.15, -0.1) is 0 Å². The Balaban J connectivity index is 3.83. The first-order chi connectivity index (χ1) is 22.1. The molecule has 3 atom stereocenters. The molecule has 1 amide bonds. The molecule has 272 valence electrons. The highest BCUT2D eigenvalue weighted by Gasteiger charge is 2.28. The van der Waals surface area contributed by atoms with E-state index in [0.717, 1.165) is 44.9 Å². The van der Waals surface area contributed by atoms with Crippen molar-refractivity contribution in [2.75, 3.05) is 19.8 Å². The van der Waals surface area contributed by atoms with Crippen LogP contribution in [0.15, 0.2) is 0 Å². The Labute approximate surface area is 278 Å². The number of ether oxygens (including phenoxy) is 1. The van der Waals surface area contributed by atoms with E-state index in [-0.39, 0.29) is 12.8 Å². The molecule has 0 aromatic carbocycles. The number of hydrogen-bond donors (Lipinski definition) is 4. The van der Waals surface area contributed by atoms with Crippen molar-refractivity contribution in [3.8, 4) is 0 Å². The van der Waals surface area contributed by atoms with Gasteiger partial charge in [0.25, 0.3) is 0 Å². The number of rotatable bonds is 34. The number of unbranched alkanes of at least 4 members (excludes halogenated alkanes) is 20. The molecule has 0 saturated carbocycles. The average molecular weight is 680 g/mol. The topological polar surface area (TPSA) is 169 Å². The van der Waals surface area contributed by atoms with Gasteiger partial charge in [-0.3, -0.25) is 18.6 Å². The van der Waals surface area contributed by atoms with Crippen LogP contribution in [0.4, 0.5) is 0 Å². The van der Waals surface area contributed by atoms with Crippen LogP contribution in [0.25, 0.3) is 0 Å². The smallest absolute Gasteiger partial charge is 0.472 e. The zero-order chi connectivity index (χ0) is 34.3. The third kappa shape index (κ3) is 29.9. The SMILES string of the molecule is CCCCCCCCCCCCCCCCCCCC(=O)OCC(O)COP(=O)(O)OCC(NC(=O)CCCCCCC)C(=O)O. The lowest BCUT2D eigenvalue weighted by Gasteiger charge is -2.18. The third-order valence-electron chi connectivity index (χ3n) is 7.90. The molecule has 11 nitrogen and oxygen atoms in total. The van der Waals surface area contributed by atoms with E-state index in [9.17, 15) is 34.1 Å². The molecule has 0 rings (SSSR count). The molecule has 0 aliphatic heterocycles. The molecular weight excluding hydrogens is 613 g/mol. The molecule has 0 fully saturated rings. The van der Waals surface area contributed by atoms with Crippen LogP contribution in [0.5, 0.6) is 0 Å². The highest BCUT2D eigenvalue weighted by Crippen LogP contribution is 2.43. The van der Waals surface area contributed by atoms with Crippen LogP contribution in [0.3, 0.4) is 0 Å². The van der Waals surface area contributed by atoms with E-state index in [4.69, 9.17) is 13.8 Å². The minimum Gasteiger partial charge on any atom is -0.480 e. The van der Waals surface area contributed by atoms with Crippen LogP contribution in [0.1, 0.15) is 168 Å². The Morgan fingerprint density at radius 2 is 1.00 bits per heavy atom. The summed E-state index contributed by atoms with van der Waals surface area (Å²) in [6.07, 6.45) is 24.9. The maximum Gasteiger partial charge on any atom is 0.472 e. The summed E-state index contributed by atoms with van der Waals surface area (Å²) < 4.78 is 26.5. The standard InChI is InChI=1S/C34H66NO10P/c1-3-5-7-9-10-11-12-13-14-15-16-17-18-19-20-22-24-26-33(38)43-27-30(36)28-44-46(41,42)45-29-31(34(39)40)35-32(37)25-23-21-8-6-4-2/h30-31,36H,3-29H2,1-2H3,(H,35,37)(H,39,40)(H,41,42). The number of amides is 1. The average Bonchev–Trinajstić information content (AvgIpc) is 3.02. The summed E-state index contributed by atoms with van der Waals surface area (Å²) in [5.74, 6) is -2.38. The number of aliphatic hydroxyl groups is 1. The van der Waals surface area contributed by atoms with Crippen LogP contribution in [0.2, 0.25) is 0 Å². The van der Waals surface area contributed by atoms with Gasteiger partial charge in [0.2, 0.25) is 5.91 Å². The maximum absolute atomic E-state index is 12.1. The van der Waals surface area contributed by atoms with Crippen LogP contribution in [-0.4, -0.2) is 64.9 Å². The number of hydrogen-bond acceptors (Lipinski definition) is 8. The first kappa shape index (κ1) is 44.5. The van der Waals surface area contributed by atoms with Crippen molar-refractivity contribution >= 4 is 25.7 Å². The van der Waals surface area contributed by atoms with Crippen molar-refractivity contribution in [2.24, 2.45) is 0 Å². The van der Waals surface area contributed by atoms with E-state index in [0.29, 0.717) is 12.8 Å². The molecule has 0 spiro atoms. The summed E-state index contributed by atoms with van der Waals surface area (Å²) in [4.78, 5) is 45.2. The largest absolute Gasteiger partial charge is 0.480 e. The van der Waals surface area contributed by atoms with Gasteiger partial charge in [0.15, 0.2) is 6.04 Å². The normalized spacial score (nSPS) is 14.0. The molecule has 0 aliphatic rings. The number of phosphoric ester groups is 1. The molecule has 0 aliphatic carbocycles. The first-order valence-electron chi connectivity index (χ1n) is 18.1. The number of nitrogens with one attached hydrogen (secondary N) is 1. The van der Waals surface area contributed by atoms with Gasteiger partial charge < -0.3 is 25.2 Å². The predicted octanol–water partition coefficient (Wildman–Crippen LogP) is 8.00. The highest BCUT2D eigenvalue weighted by molar-refractivity contribution is 7.47. The number of carbonyl (C=O) groups is 3. The van der Waals surface area contributed by atoms with E-state index < -0.39 is 57.6 Å². The Bertz CT molecular complexity index is 813. The third-order valence-corrected chi connectivity index (χ3v) is 8.85. The van der Waals surface area contributed by atoms with Crippen molar-refractivity contribution in [1.29, 1.82) is 0 Å². The van der Waals surface area contributed by atoms with Gasteiger partial charge >= 0.3 is 19.8 Å². The number of phosphoric acid groups is 1. The lowest BCUT2D eigenvalue weighted by molar-refractivity contribution is -0.147. The van der Waals surface area contributed by atoms with Crippen molar-refractivity contribution in [1.82, 2.24) is 5.32 Å². The molecule has 0 bridgehead atoms. The second-order valence-electron chi connectivity index (χ2n) is 12.4. The summed E-state index contributed by atoms with van der Waals surface area (Å²) in [6, 6.07) is -1.53. The van der Waals surface area contributed by atoms with E-state index in [2.05, 4.69) is 19.2 Å². The second kappa shape index (κ2) is 30.8. The Morgan fingerprint density at radius 3 is 1.43 bits per heavy atom. The van der Waals surface area contributed by atoms with Crippen molar-refractivity contribution in [2.45, 2.75) is 180 Å². The van der Waals surface area contributed by atoms with E-state index in [1.807, 2.05) is 0 Å². The zero-order valence-corrected chi connectivity index (χ0v) is 29.8. The molecule has 12 heteroatoms. The molecule has 0 saturated heterocycles. The maximum atomic E-state index is 12.1. The van der Waals surface area contributed by atoms with Gasteiger partial charge in [0.05, 0.1) is 13.2 Å². The van der Waals surface area contributed by atoms with Crippen LogP contribution < -0.4 is 5.32 Å². The minimum absolute atomic E-state index is 0.144.